The van der Waals surface area contributed by atoms with Crippen molar-refractivity contribution in [1.82, 2.24) is 9.97 Å². The first-order valence-corrected chi connectivity index (χ1v) is 4.92. The Morgan fingerprint density at radius 2 is 2.29 bits per heavy atom. The fourth-order valence-corrected chi connectivity index (χ4v) is 1.17. The topological polar surface area (TPSA) is 41.1 Å². The molecule has 0 radical (unpaired) electrons. The maximum absolute atomic E-state index is 4.36. The average molecular weight is 194 g/mol. The van der Waals surface area contributed by atoms with E-state index >= 15 is 0 Å². The fraction of sp³-hybridized carbons (Fsp3) is 0.600. The molecule has 0 aliphatic rings. The summed E-state index contributed by atoms with van der Waals surface area (Å²) < 4.78 is 0. The van der Waals surface area contributed by atoms with E-state index in [9.17, 15) is 0 Å². The van der Waals surface area contributed by atoms with Crippen LogP contribution in [-0.4, -0.2) is 30.1 Å². The molecule has 0 fully saturated rings. The van der Waals surface area contributed by atoms with Crippen molar-refractivity contribution < 1.29 is 0 Å². The number of nitrogens with one attached hydrogen (secondary N) is 1. The molecule has 4 nitrogen and oxygen atoms in total. The maximum Gasteiger partial charge on any atom is 0.224 e. The fourth-order valence-electron chi connectivity index (χ4n) is 1.17. The standard InChI is InChI=1S/C10H18N4/c1-5-8(2)14(4)9-6-7-12-10(11-3)13-9/h6-8H,5H2,1-4H3,(H,11,12,13). The van der Waals surface area contributed by atoms with Crippen LogP contribution in [0.4, 0.5) is 11.8 Å². The minimum Gasteiger partial charge on any atom is -0.357 e. The van der Waals surface area contributed by atoms with E-state index in [4.69, 9.17) is 0 Å². The van der Waals surface area contributed by atoms with Crippen LogP contribution in [0, 0.1) is 0 Å². The summed E-state index contributed by atoms with van der Waals surface area (Å²) in [6, 6.07) is 2.42. The second kappa shape index (κ2) is 4.79. The van der Waals surface area contributed by atoms with Gasteiger partial charge in [-0.2, -0.15) is 4.98 Å². The molecule has 0 saturated heterocycles. The third kappa shape index (κ3) is 2.34. The molecule has 0 amide bonds. The van der Waals surface area contributed by atoms with E-state index in [1.54, 1.807) is 6.20 Å². The predicted molar refractivity (Wildman–Crippen MR) is 59.7 cm³/mol. The molecule has 1 aromatic heterocycles. The number of nitrogens with zero attached hydrogens (tertiary/aromatic N) is 3. The van der Waals surface area contributed by atoms with E-state index in [-0.39, 0.29) is 0 Å². The van der Waals surface area contributed by atoms with E-state index < -0.39 is 0 Å². The van der Waals surface area contributed by atoms with E-state index in [0.717, 1.165) is 12.2 Å². The summed E-state index contributed by atoms with van der Waals surface area (Å²) in [5.74, 6) is 1.62. The SMILES string of the molecule is CCC(C)N(C)c1ccnc(NC)n1. The molecule has 1 aromatic rings. The van der Waals surface area contributed by atoms with Gasteiger partial charge in [0.1, 0.15) is 5.82 Å². The molecule has 0 aliphatic carbocycles. The van der Waals surface area contributed by atoms with Gasteiger partial charge in [-0.05, 0) is 19.4 Å². The Balaban J connectivity index is 2.83. The lowest BCUT2D eigenvalue weighted by Crippen LogP contribution is -2.28. The molecule has 4 heteroatoms. The quantitative estimate of drug-likeness (QED) is 0.793. The van der Waals surface area contributed by atoms with Crippen molar-refractivity contribution in [2.24, 2.45) is 0 Å². The zero-order chi connectivity index (χ0) is 10.6. The van der Waals surface area contributed by atoms with Crippen molar-refractivity contribution in [3.8, 4) is 0 Å². The molecule has 14 heavy (non-hydrogen) atoms. The second-order valence-electron chi connectivity index (χ2n) is 3.36. The van der Waals surface area contributed by atoms with Crippen LogP contribution < -0.4 is 10.2 Å². The van der Waals surface area contributed by atoms with Crippen LogP contribution in [-0.2, 0) is 0 Å². The molecule has 1 heterocycles. The van der Waals surface area contributed by atoms with Crippen LogP contribution in [0.5, 0.6) is 0 Å². The van der Waals surface area contributed by atoms with Crippen LogP contribution in [0.25, 0.3) is 0 Å². The Bertz CT molecular complexity index is 287. The molecule has 0 saturated carbocycles. The summed E-state index contributed by atoms with van der Waals surface area (Å²) in [6.45, 7) is 4.35. The Labute approximate surface area is 85.4 Å². The number of hydrogen-bond acceptors (Lipinski definition) is 4. The maximum atomic E-state index is 4.36. The first-order chi connectivity index (χ1) is 6.69. The minimum atomic E-state index is 0.495. The van der Waals surface area contributed by atoms with Gasteiger partial charge in [0.15, 0.2) is 0 Å². The number of rotatable bonds is 4. The summed E-state index contributed by atoms with van der Waals surface area (Å²) in [7, 11) is 3.87. The Hall–Kier alpha value is -1.32. The lowest BCUT2D eigenvalue weighted by molar-refractivity contribution is 0.656. The lowest BCUT2D eigenvalue weighted by atomic mass is 10.2. The molecule has 1 unspecified atom stereocenters. The van der Waals surface area contributed by atoms with E-state index in [1.165, 1.54) is 0 Å². The van der Waals surface area contributed by atoms with Gasteiger partial charge in [-0.1, -0.05) is 6.92 Å². The van der Waals surface area contributed by atoms with Crippen LogP contribution in [0.2, 0.25) is 0 Å². The summed E-state index contributed by atoms with van der Waals surface area (Å²) in [5.41, 5.74) is 0. The second-order valence-corrected chi connectivity index (χ2v) is 3.36. The van der Waals surface area contributed by atoms with Crippen molar-refractivity contribution in [3.63, 3.8) is 0 Å². The van der Waals surface area contributed by atoms with Crippen molar-refractivity contribution in [2.75, 3.05) is 24.3 Å². The van der Waals surface area contributed by atoms with Gasteiger partial charge in [-0.3, -0.25) is 0 Å². The van der Waals surface area contributed by atoms with Crippen molar-refractivity contribution in [2.45, 2.75) is 26.3 Å². The van der Waals surface area contributed by atoms with Crippen LogP contribution >= 0.6 is 0 Å². The summed E-state index contributed by atoms with van der Waals surface area (Å²) in [6.07, 6.45) is 2.88. The Kier molecular flexibility index (Phi) is 3.68. The first kappa shape index (κ1) is 10.8. The smallest absolute Gasteiger partial charge is 0.224 e. The monoisotopic (exact) mass is 194 g/mol. The normalized spacial score (nSPS) is 12.3. The summed E-state index contributed by atoms with van der Waals surface area (Å²) in [5, 5.41) is 2.93. The summed E-state index contributed by atoms with van der Waals surface area (Å²) in [4.78, 5) is 10.6. The first-order valence-electron chi connectivity index (χ1n) is 4.92. The average Bonchev–Trinajstić information content (AvgIpc) is 2.27. The van der Waals surface area contributed by atoms with Gasteiger partial charge in [0.25, 0.3) is 0 Å². The zero-order valence-corrected chi connectivity index (χ0v) is 9.28. The molecule has 0 aliphatic heterocycles. The van der Waals surface area contributed by atoms with E-state index in [0.29, 0.717) is 12.0 Å². The van der Waals surface area contributed by atoms with Crippen LogP contribution in [0.3, 0.4) is 0 Å². The Morgan fingerprint density at radius 1 is 1.57 bits per heavy atom. The zero-order valence-electron chi connectivity index (χ0n) is 9.28. The highest BCUT2D eigenvalue weighted by Crippen LogP contribution is 2.14. The van der Waals surface area contributed by atoms with Gasteiger partial charge in [-0.15, -0.1) is 0 Å². The molecule has 0 aromatic carbocycles. The van der Waals surface area contributed by atoms with Gasteiger partial charge in [0, 0.05) is 26.3 Å². The van der Waals surface area contributed by atoms with Gasteiger partial charge in [0.05, 0.1) is 0 Å². The number of anilines is 2. The largest absolute Gasteiger partial charge is 0.357 e. The van der Waals surface area contributed by atoms with Gasteiger partial charge in [0.2, 0.25) is 5.95 Å². The third-order valence-electron chi connectivity index (χ3n) is 2.48. The predicted octanol–water partition coefficient (Wildman–Crippen LogP) is 1.75. The molecule has 1 rings (SSSR count). The molecule has 0 spiro atoms. The van der Waals surface area contributed by atoms with Gasteiger partial charge in [-0.25, -0.2) is 4.98 Å². The molecular weight excluding hydrogens is 176 g/mol. The molecule has 1 N–H and O–H groups in total. The van der Waals surface area contributed by atoms with Crippen LogP contribution in [0.1, 0.15) is 20.3 Å². The van der Waals surface area contributed by atoms with E-state index in [2.05, 4.69) is 41.1 Å². The molecule has 0 bridgehead atoms. The number of hydrogen-bond donors (Lipinski definition) is 1. The number of aromatic nitrogens is 2. The van der Waals surface area contributed by atoms with E-state index in [1.807, 2.05) is 13.1 Å². The lowest BCUT2D eigenvalue weighted by Gasteiger charge is -2.24. The molecule has 1 atom stereocenters. The van der Waals surface area contributed by atoms with Crippen LogP contribution in [0.15, 0.2) is 12.3 Å². The molecule has 78 valence electrons. The highest BCUT2D eigenvalue weighted by molar-refractivity contribution is 5.42. The van der Waals surface area contributed by atoms with Crippen molar-refractivity contribution >= 4 is 11.8 Å². The molecular formula is C10H18N4. The third-order valence-corrected chi connectivity index (χ3v) is 2.48. The highest BCUT2D eigenvalue weighted by Gasteiger charge is 2.09. The van der Waals surface area contributed by atoms with Gasteiger partial charge >= 0.3 is 0 Å². The Morgan fingerprint density at radius 3 is 2.86 bits per heavy atom. The van der Waals surface area contributed by atoms with Crippen molar-refractivity contribution in [3.05, 3.63) is 12.3 Å². The van der Waals surface area contributed by atoms with Gasteiger partial charge < -0.3 is 10.2 Å². The highest BCUT2D eigenvalue weighted by atomic mass is 15.2. The summed E-state index contributed by atoms with van der Waals surface area (Å²) >= 11 is 0. The van der Waals surface area contributed by atoms with Crippen molar-refractivity contribution in [1.29, 1.82) is 0 Å². The minimum absolute atomic E-state index is 0.495.